The van der Waals surface area contributed by atoms with E-state index in [1.54, 1.807) is 0 Å². The molecule has 3 aromatic rings. The van der Waals surface area contributed by atoms with Crippen molar-refractivity contribution in [1.82, 2.24) is 4.90 Å². The zero-order valence-electron chi connectivity index (χ0n) is 20.8. The molecule has 2 heterocycles. The van der Waals surface area contributed by atoms with Crippen LogP contribution in [0.15, 0.2) is 45.6 Å². The van der Waals surface area contributed by atoms with Gasteiger partial charge in [-0.1, -0.05) is 36.6 Å². The van der Waals surface area contributed by atoms with Crippen molar-refractivity contribution in [3.63, 3.8) is 0 Å². The number of ether oxygens (including phenoxy) is 1. The van der Waals surface area contributed by atoms with E-state index < -0.39 is 11.2 Å². The van der Waals surface area contributed by atoms with Crippen molar-refractivity contribution in [2.45, 2.75) is 64.6 Å². The quantitative estimate of drug-likeness (QED) is 0.470. The Labute approximate surface area is 215 Å². The summed E-state index contributed by atoms with van der Waals surface area (Å²) in [7, 11) is 0. The van der Waals surface area contributed by atoms with Gasteiger partial charge in [0.25, 0.3) is 0 Å². The van der Waals surface area contributed by atoms with E-state index >= 15 is 0 Å². The summed E-state index contributed by atoms with van der Waals surface area (Å²) in [6.45, 7) is 5.15. The SMILES string of the molecule is Cc1c(CC(=O)N2CC[C@]3(O)CCCC[C@@H]3C2)c(=O)oc2c(C)c(OCc3cccc(Cl)c3)ccc12. The van der Waals surface area contributed by atoms with Crippen LogP contribution in [0.25, 0.3) is 11.0 Å². The van der Waals surface area contributed by atoms with Gasteiger partial charge >= 0.3 is 5.63 Å². The number of carbonyl (C=O) groups is 1. The molecule has 190 valence electrons. The first kappa shape index (κ1) is 24.8. The molecule has 2 aromatic carbocycles. The Kier molecular flexibility index (Phi) is 6.84. The van der Waals surface area contributed by atoms with E-state index in [2.05, 4.69) is 0 Å². The molecule has 1 aliphatic heterocycles. The van der Waals surface area contributed by atoms with Gasteiger partial charge in [0, 0.05) is 35.0 Å². The number of halogens is 1. The molecule has 0 spiro atoms. The van der Waals surface area contributed by atoms with Crippen molar-refractivity contribution in [2.24, 2.45) is 5.92 Å². The number of piperidine rings is 1. The fraction of sp³-hybridized carbons (Fsp3) is 0.448. The number of amides is 1. The van der Waals surface area contributed by atoms with E-state index in [9.17, 15) is 14.7 Å². The molecule has 2 fully saturated rings. The van der Waals surface area contributed by atoms with Crippen LogP contribution in [0.4, 0.5) is 0 Å². The molecule has 5 rings (SSSR count). The lowest BCUT2D eigenvalue weighted by atomic mass is 9.71. The van der Waals surface area contributed by atoms with Crippen LogP contribution in [0, 0.1) is 19.8 Å². The van der Waals surface area contributed by atoms with Crippen molar-refractivity contribution in [3.8, 4) is 5.75 Å². The minimum absolute atomic E-state index is 0.00131. The van der Waals surface area contributed by atoms with Crippen LogP contribution in [0.2, 0.25) is 5.02 Å². The summed E-state index contributed by atoms with van der Waals surface area (Å²) in [5.41, 5.74) is 2.17. The summed E-state index contributed by atoms with van der Waals surface area (Å²) in [5, 5.41) is 12.4. The van der Waals surface area contributed by atoms with Gasteiger partial charge in [-0.15, -0.1) is 0 Å². The molecular weight excluding hydrogens is 478 g/mol. The Hall–Kier alpha value is -2.83. The van der Waals surface area contributed by atoms with Crippen LogP contribution < -0.4 is 10.4 Å². The monoisotopic (exact) mass is 509 g/mol. The highest BCUT2D eigenvalue weighted by atomic mass is 35.5. The molecule has 0 unspecified atom stereocenters. The van der Waals surface area contributed by atoms with E-state index in [4.69, 9.17) is 20.8 Å². The highest BCUT2D eigenvalue weighted by Crippen LogP contribution is 2.40. The van der Waals surface area contributed by atoms with Crippen molar-refractivity contribution in [2.75, 3.05) is 13.1 Å². The average molecular weight is 510 g/mol. The summed E-state index contributed by atoms with van der Waals surface area (Å²) in [5.74, 6) is 0.656. The minimum atomic E-state index is -0.642. The predicted octanol–water partition coefficient (Wildman–Crippen LogP) is 5.34. The van der Waals surface area contributed by atoms with Gasteiger partial charge in [-0.25, -0.2) is 4.79 Å². The van der Waals surface area contributed by atoms with Gasteiger partial charge in [-0.2, -0.15) is 0 Å². The number of hydrogen-bond acceptors (Lipinski definition) is 5. The smallest absolute Gasteiger partial charge is 0.340 e. The van der Waals surface area contributed by atoms with Crippen LogP contribution in [0.3, 0.4) is 0 Å². The van der Waals surface area contributed by atoms with E-state index in [0.717, 1.165) is 47.8 Å². The number of nitrogens with zero attached hydrogens (tertiary/aromatic N) is 1. The molecule has 0 radical (unpaired) electrons. The molecule has 7 heteroatoms. The number of rotatable bonds is 5. The zero-order valence-corrected chi connectivity index (χ0v) is 21.6. The number of fused-ring (bicyclic) bond motifs is 2. The first-order chi connectivity index (χ1) is 17.2. The molecule has 1 N–H and O–H groups in total. The van der Waals surface area contributed by atoms with Crippen molar-refractivity contribution >= 4 is 28.5 Å². The fourth-order valence-corrected chi connectivity index (χ4v) is 5.99. The molecule has 1 aliphatic carbocycles. The standard InChI is InChI=1S/C29H32ClNO5/c1-18-23-9-10-25(35-17-20-6-5-8-22(30)14-20)19(2)27(23)36-28(33)24(18)15-26(32)31-13-12-29(34)11-4-3-7-21(29)16-31/h5-6,8-10,14,21,34H,3-4,7,11-13,15-17H2,1-2H3/t21-,29-/m1/s1. The molecule has 36 heavy (non-hydrogen) atoms. The number of likely N-dealkylation sites (tertiary alicyclic amines) is 1. The Morgan fingerprint density at radius 3 is 2.83 bits per heavy atom. The van der Waals surface area contributed by atoms with Gasteiger partial charge in [-0.05, 0) is 68.5 Å². The van der Waals surface area contributed by atoms with Crippen LogP contribution in [-0.2, 0) is 17.8 Å². The fourth-order valence-electron chi connectivity index (χ4n) is 5.78. The Morgan fingerprint density at radius 1 is 1.19 bits per heavy atom. The third-order valence-corrected chi connectivity index (χ3v) is 8.28. The van der Waals surface area contributed by atoms with E-state index in [1.807, 2.05) is 55.1 Å². The van der Waals surface area contributed by atoms with Crippen LogP contribution in [0.1, 0.15) is 54.4 Å². The van der Waals surface area contributed by atoms with Crippen LogP contribution in [-0.4, -0.2) is 34.6 Å². The largest absolute Gasteiger partial charge is 0.488 e. The lowest BCUT2D eigenvalue weighted by molar-refractivity contribution is -0.142. The van der Waals surface area contributed by atoms with Crippen LogP contribution in [0.5, 0.6) is 5.75 Å². The summed E-state index contributed by atoms with van der Waals surface area (Å²) >= 11 is 6.06. The molecule has 1 aromatic heterocycles. The molecule has 2 atom stereocenters. The van der Waals surface area contributed by atoms with Crippen molar-refractivity contribution in [3.05, 3.63) is 74.1 Å². The number of aryl methyl sites for hydroxylation is 2. The maximum atomic E-state index is 13.2. The molecule has 1 saturated carbocycles. The molecule has 0 bridgehead atoms. The van der Waals surface area contributed by atoms with Gasteiger partial charge in [0.2, 0.25) is 5.91 Å². The van der Waals surface area contributed by atoms with Crippen molar-refractivity contribution in [1.29, 1.82) is 0 Å². The van der Waals surface area contributed by atoms with Gasteiger partial charge in [0.15, 0.2) is 0 Å². The normalized spacial score (nSPS) is 21.9. The third-order valence-electron chi connectivity index (χ3n) is 8.05. The maximum Gasteiger partial charge on any atom is 0.340 e. The molecule has 2 aliphatic rings. The van der Waals surface area contributed by atoms with Gasteiger partial charge in [0.1, 0.15) is 17.9 Å². The summed E-state index contributed by atoms with van der Waals surface area (Å²) < 4.78 is 11.7. The number of hydrogen-bond donors (Lipinski definition) is 1. The predicted molar refractivity (Wildman–Crippen MR) is 140 cm³/mol. The number of benzene rings is 2. The topological polar surface area (TPSA) is 80.0 Å². The average Bonchev–Trinajstić information content (AvgIpc) is 2.86. The van der Waals surface area contributed by atoms with Gasteiger partial charge in [0.05, 0.1) is 17.6 Å². The Morgan fingerprint density at radius 2 is 2.03 bits per heavy atom. The molecule has 1 amide bonds. The lowest BCUT2D eigenvalue weighted by Crippen LogP contribution is -2.55. The first-order valence-electron chi connectivity index (χ1n) is 12.7. The van der Waals surface area contributed by atoms with Crippen LogP contribution >= 0.6 is 11.6 Å². The zero-order chi connectivity index (χ0) is 25.4. The Balaban J connectivity index is 1.35. The summed E-state index contributed by atoms with van der Waals surface area (Å²) in [4.78, 5) is 28.0. The summed E-state index contributed by atoms with van der Waals surface area (Å²) in [6, 6.07) is 11.2. The second-order valence-corrected chi connectivity index (χ2v) is 10.7. The maximum absolute atomic E-state index is 13.2. The molecular formula is C29H32ClNO5. The third kappa shape index (κ3) is 4.76. The highest BCUT2D eigenvalue weighted by molar-refractivity contribution is 6.30. The molecule has 6 nitrogen and oxygen atoms in total. The second-order valence-electron chi connectivity index (χ2n) is 10.3. The highest BCUT2D eigenvalue weighted by Gasteiger charge is 2.43. The number of carbonyl (C=O) groups excluding carboxylic acids is 1. The second kappa shape index (κ2) is 9.91. The van der Waals surface area contributed by atoms with Crippen molar-refractivity contribution < 1.29 is 19.1 Å². The molecule has 1 saturated heterocycles. The first-order valence-corrected chi connectivity index (χ1v) is 13.1. The number of aliphatic hydroxyl groups is 1. The minimum Gasteiger partial charge on any atom is -0.488 e. The van der Waals surface area contributed by atoms with E-state index in [1.165, 1.54) is 0 Å². The Bertz CT molecular complexity index is 1370. The van der Waals surface area contributed by atoms with E-state index in [0.29, 0.717) is 48.0 Å². The van der Waals surface area contributed by atoms with E-state index in [-0.39, 0.29) is 18.2 Å². The summed E-state index contributed by atoms with van der Waals surface area (Å²) in [6.07, 6.45) is 4.50. The lowest BCUT2D eigenvalue weighted by Gasteiger charge is -2.47. The van der Waals surface area contributed by atoms with Gasteiger partial charge in [-0.3, -0.25) is 4.79 Å². The van der Waals surface area contributed by atoms with Gasteiger partial charge < -0.3 is 19.2 Å².